The fraction of sp³-hybridized carbons (Fsp3) is 0.149. The molecule has 1 fully saturated rings. The van der Waals surface area contributed by atoms with Crippen molar-refractivity contribution in [2.24, 2.45) is 0 Å². The summed E-state index contributed by atoms with van der Waals surface area (Å²) in [6.45, 7) is 2.35. The molecule has 8 aromatic rings. The topological polar surface area (TPSA) is 4.93 Å². The number of fused-ring (bicyclic) bond motifs is 6. The highest BCUT2D eigenvalue weighted by molar-refractivity contribution is 6.21. The Kier molecular flexibility index (Phi) is 6.66. The molecule has 0 bridgehead atoms. The van der Waals surface area contributed by atoms with E-state index in [1.165, 1.54) is 101 Å². The average Bonchev–Trinajstić information content (AvgIpc) is 3.92. The van der Waals surface area contributed by atoms with Gasteiger partial charge in [0.2, 0.25) is 0 Å². The minimum absolute atomic E-state index is 0. The summed E-state index contributed by atoms with van der Waals surface area (Å²) in [6, 6.07) is 50.3. The lowest BCUT2D eigenvalue weighted by atomic mass is 9.85. The molecule has 1 nitrogen and oxygen atoms in total. The Morgan fingerprint density at radius 3 is 1.79 bits per heavy atom. The lowest BCUT2D eigenvalue weighted by molar-refractivity contribution is 0.723. The molecule has 0 saturated heterocycles. The van der Waals surface area contributed by atoms with E-state index in [0.29, 0.717) is 5.92 Å². The van der Waals surface area contributed by atoms with Crippen LogP contribution in [0.1, 0.15) is 62.3 Å². The van der Waals surface area contributed by atoms with E-state index in [9.17, 15) is 0 Å². The second kappa shape index (κ2) is 11.1. The van der Waals surface area contributed by atoms with Crippen LogP contribution in [0.3, 0.4) is 0 Å². The maximum absolute atomic E-state index is 2.50. The van der Waals surface area contributed by atoms with E-state index in [1.54, 1.807) is 0 Å². The van der Waals surface area contributed by atoms with Crippen LogP contribution in [0.2, 0.25) is 0 Å². The molecule has 0 aliphatic heterocycles. The van der Waals surface area contributed by atoms with Crippen LogP contribution in [0.25, 0.3) is 77.2 Å². The second-order valence-corrected chi connectivity index (χ2v) is 13.7. The van der Waals surface area contributed by atoms with Crippen molar-refractivity contribution in [1.82, 2.24) is 4.57 Å². The number of allylic oxidation sites excluding steroid dienone is 1. The summed E-state index contributed by atoms with van der Waals surface area (Å²) >= 11 is 0. The Bertz CT molecular complexity index is 2500. The first-order chi connectivity index (χ1) is 23.2. The van der Waals surface area contributed by atoms with Gasteiger partial charge in [-0.2, -0.15) is 0 Å². The zero-order valence-corrected chi connectivity index (χ0v) is 26.6. The molecule has 2 aliphatic carbocycles. The van der Waals surface area contributed by atoms with Crippen molar-refractivity contribution in [1.29, 1.82) is 0 Å². The van der Waals surface area contributed by atoms with Gasteiger partial charge in [-0.15, -0.1) is 0 Å². The zero-order chi connectivity index (χ0) is 31.1. The molecular formula is C47H39N. The zero-order valence-electron chi connectivity index (χ0n) is 26.6. The van der Waals surface area contributed by atoms with E-state index in [2.05, 4.69) is 157 Å². The van der Waals surface area contributed by atoms with Crippen LogP contribution in [-0.2, 0) is 0 Å². The van der Waals surface area contributed by atoms with Crippen LogP contribution >= 0.6 is 0 Å². The summed E-state index contributed by atoms with van der Waals surface area (Å²) in [5.74, 6) is 1.24. The second-order valence-electron chi connectivity index (χ2n) is 13.7. The molecule has 0 amide bonds. The number of hydrogen-bond donors (Lipinski definition) is 0. The van der Waals surface area contributed by atoms with E-state index in [0.717, 1.165) is 12.3 Å². The van der Waals surface area contributed by atoms with Crippen molar-refractivity contribution in [3.8, 4) is 27.9 Å². The van der Waals surface area contributed by atoms with Gasteiger partial charge in [-0.3, -0.25) is 0 Å². The first kappa shape index (κ1) is 28.8. The standard InChI is InChI=1S/C46H35N.CH4/c1-29-9-8-15-42-37-10-6-7-16-43(37)47(46(29)42)36-25-23-31(24-26-36)44-38-11-2-4-13-40(38)45(41-14-5-3-12-39(41)44)35-22-21-33-27-32(30-17-18-30)19-20-34(33)28-35;/h2-8,10-16,19-30H,9,17-18H2,1H3;1H4. The molecule has 1 unspecified atom stereocenters. The van der Waals surface area contributed by atoms with Gasteiger partial charge in [-0.25, -0.2) is 0 Å². The van der Waals surface area contributed by atoms with Gasteiger partial charge in [0.15, 0.2) is 0 Å². The van der Waals surface area contributed by atoms with Gasteiger partial charge in [-0.05, 0) is 110 Å². The Labute approximate surface area is 282 Å². The van der Waals surface area contributed by atoms with E-state index < -0.39 is 0 Å². The molecule has 7 aromatic carbocycles. The number of hydrogen-bond acceptors (Lipinski definition) is 0. The van der Waals surface area contributed by atoms with Crippen LogP contribution in [0, 0.1) is 0 Å². The molecule has 1 heterocycles. The highest BCUT2D eigenvalue weighted by Gasteiger charge is 2.25. The lowest BCUT2D eigenvalue weighted by Crippen LogP contribution is -2.06. The Morgan fingerprint density at radius 2 is 1.12 bits per heavy atom. The van der Waals surface area contributed by atoms with Crippen molar-refractivity contribution < 1.29 is 0 Å². The summed E-state index contributed by atoms with van der Waals surface area (Å²) in [5, 5.41) is 9.16. The number of para-hydroxylation sites is 1. The van der Waals surface area contributed by atoms with Gasteiger partial charge in [0.25, 0.3) is 0 Å². The minimum atomic E-state index is 0. The highest BCUT2D eigenvalue weighted by Crippen LogP contribution is 2.46. The normalized spacial score (nSPS) is 15.6. The number of benzene rings is 7. The Morgan fingerprint density at radius 1 is 0.562 bits per heavy atom. The first-order valence-corrected chi connectivity index (χ1v) is 17.1. The number of rotatable bonds is 4. The van der Waals surface area contributed by atoms with Crippen LogP contribution in [-0.4, -0.2) is 4.57 Å². The molecule has 10 rings (SSSR count). The summed E-state index contributed by atoms with van der Waals surface area (Å²) in [6.07, 6.45) is 8.39. The maximum atomic E-state index is 2.50. The SMILES string of the molecule is C.CC1CC=Cc2c1n(-c1ccc(-c3c4ccccc4c(-c4ccc5cc(C6CC6)ccc5c4)c4ccccc34)cc1)c1ccccc21. The highest BCUT2D eigenvalue weighted by atomic mass is 15.0. The molecule has 0 radical (unpaired) electrons. The van der Waals surface area contributed by atoms with Crippen LogP contribution in [0.5, 0.6) is 0 Å². The van der Waals surface area contributed by atoms with E-state index in [-0.39, 0.29) is 7.43 Å². The predicted molar refractivity (Wildman–Crippen MR) is 207 cm³/mol. The molecule has 48 heavy (non-hydrogen) atoms. The third-order valence-electron chi connectivity index (χ3n) is 10.7. The van der Waals surface area contributed by atoms with Gasteiger partial charge in [-0.1, -0.05) is 136 Å². The molecule has 0 spiro atoms. The fourth-order valence-electron chi connectivity index (χ4n) is 8.34. The molecule has 2 aliphatic rings. The summed E-state index contributed by atoms with van der Waals surface area (Å²) in [7, 11) is 0. The first-order valence-electron chi connectivity index (χ1n) is 17.1. The van der Waals surface area contributed by atoms with Crippen molar-refractivity contribution in [2.75, 3.05) is 0 Å². The van der Waals surface area contributed by atoms with Crippen LogP contribution in [0.4, 0.5) is 0 Å². The monoisotopic (exact) mass is 617 g/mol. The van der Waals surface area contributed by atoms with E-state index in [4.69, 9.17) is 0 Å². The van der Waals surface area contributed by atoms with Crippen molar-refractivity contribution >= 4 is 49.3 Å². The smallest absolute Gasteiger partial charge is 0.0537 e. The van der Waals surface area contributed by atoms with Gasteiger partial charge in [0.1, 0.15) is 0 Å². The summed E-state index contributed by atoms with van der Waals surface area (Å²) < 4.78 is 2.50. The molecular weight excluding hydrogens is 579 g/mol. The quantitative estimate of drug-likeness (QED) is 0.173. The maximum Gasteiger partial charge on any atom is 0.0537 e. The molecule has 232 valence electrons. The van der Waals surface area contributed by atoms with Gasteiger partial charge >= 0.3 is 0 Å². The van der Waals surface area contributed by atoms with Crippen molar-refractivity contribution in [3.05, 3.63) is 156 Å². The fourth-order valence-corrected chi connectivity index (χ4v) is 8.34. The third kappa shape index (κ3) is 4.38. The van der Waals surface area contributed by atoms with Gasteiger partial charge in [0, 0.05) is 28.2 Å². The predicted octanol–water partition coefficient (Wildman–Crippen LogP) is 13.5. The summed E-state index contributed by atoms with van der Waals surface area (Å²) in [5.41, 5.74) is 11.9. The van der Waals surface area contributed by atoms with Crippen LogP contribution < -0.4 is 0 Å². The molecule has 1 heteroatoms. The van der Waals surface area contributed by atoms with Crippen molar-refractivity contribution in [2.45, 2.75) is 45.4 Å². The van der Waals surface area contributed by atoms with Crippen molar-refractivity contribution in [3.63, 3.8) is 0 Å². The van der Waals surface area contributed by atoms with Gasteiger partial charge < -0.3 is 4.57 Å². The van der Waals surface area contributed by atoms with Gasteiger partial charge in [0.05, 0.1) is 5.52 Å². The average molecular weight is 618 g/mol. The Hall–Kier alpha value is -5.40. The molecule has 1 saturated carbocycles. The number of nitrogens with zero attached hydrogens (tertiary/aromatic N) is 1. The third-order valence-corrected chi connectivity index (χ3v) is 10.7. The molecule has 1 atom stereocenters. The minimum Gasteiger partial charge on any atom is -0.313 e. The Balaban J connectivity index is 0.00000314. The summed E-state index contributed by atoms with van der Waals surface area (Å²) in [4.78, 5) is 0. The van der Waals surface area contributed by atoms with Crippen LogP contribution in [0.15, 0.2) is 140 Å². The van der Waals surface area contributed by atoms with E-state index >= 15 is 0 Å². The van der Waals surface area contributed by atoms with E-state index in [1.807, 2.05) is 0 Å². The lowest BCUT2D eigenvalue weighted by Gasteiger charge is -2.20. The largest absolute Gasteiger partial charge is 0.313 e. The molecule has 0 N–H and O–H groups in total. The molecule has 1 aromatic heterocycles. The number of aromatic nitrogens is 1.